The zero-order valence-corrected chi connectivity index (χ0v) is 12.2. The van der Waals surface area contributed by atoms with Gasteiger partial charge in [-0.3, -0.25) is 4.79 Å². The average Bonchev–Trinajstić information content (AvgIpc) is 2.41. The van der Waals surface area contributed by atoms with E-state index in [9.17, 15) is 9.59 Å². The van der Waals surface area contributed by atoms with Gasteiger partial charge in [-0.05, 0) is 36.8 Å². The fraction of sp³-hybridized carbons (Fsp3) is 0.429. The second-order valence-electron chi connectivity index (χ2n) is 4.24. The van der Waals surface area contributed by atoms with Gasteiger partial charge in [-0.2, -0.15) is 11.8 Å². The lowest BCUT2D eigenvalue weighted by molar-refractivity contribution is -0.140. The Kier molecular flexibility index (Phi) is 7.57. The van der Waals surface area contributed by atoms with E-state index in [4.69, 9.17) is 9.84 Å². The molecule has 2 N–H and O–H groups in total. The molecule has 1 atom stereocenters. The van der Waals surface area contributed by atoms with E-state index in [1.807, 2.05) is 31.2 Å². The van der Waals surface area contributed by atoms with Gasteiger partial charge in [0.1, 0.15) is 11.8 Å². The number of hydrogen-bond acceptors (Lipinski definition) is 4. The summed E-state index contributed by atoms with van der Waals surface area (Å²) in [7, 11) is 0. The van der Waals surface area contributed by atoms with Gasteiger partial charge in [0.2, 0.25) is 6.41 Å². The molecule has 1 aromatic rings. The number of ether oxygens (including phenoxy) is 1. The summed E-state index contributed by atoms with van der Waals surface area (Å²) in [6, 6.07) is 7.02. The first kappa shape index (κ1) is 16.4. The van der Waals surface area contributed by atoms with Crippen LogP contribution in [0.15, 0.2) is 24.3 Å². The number of nitrogens with one attached hydrogen (secondary N) is 1. The molecule has 20 heavy (non-hydrogen) atoms. The Morgan fingerprint density at radius 3 is 2.95 bits per heavy atom. The van der Waals surface area contributed by atoms with Crippen molar-refractivity contribution >= 4 is 24.1 Å². The summed E-state index contributed by atoms with van der Waals surface area (Å²) in [5.74, 6) is 1.28. The molecule has 0 aliphatic carbocycles. The molecule has 0 aliphatic heterocycles. The number of rotatable bonds is 10. The smallest absolute Gasteiger partial charge is 0.326 e. The Hall–Kier alpha value is -1.69. The third-order valence-corrected chi connectivity index (χ3v) is 3.58. The molecule has 0 spiro atoms. The number of carbonyl (C=O) groups is 2. The van der Waals surface area contributed by atoms with Gasteiger partial charge >= 0.3 is 5.97 Å². The second kappa shape index (κ2) is 9.25. The predicted octanol–water partition coefficient (Wildman–Crippen LogP) is 1.70. The maximum absolute atomic E-state index is 10.8. The molecule has 0 fully saturated rings. The van der Waals surface area contributed by atoms with Crippen molar-refractivity contribution in [1.29, 1.82) is 0 Å². The molecule has 1 amide bonds. The van der Waals surface area contributed by atoms with E-state index in [0.717, 1.165) is 17.1 Å². The van der Waals surface area contributed by atoms with Crippen LogP contribution in [-0.4, -0.2) is 41.6 Å². The molecule has 1 aromatic carbocycles. The van der Waals surface area contributed by atoms with Crippen molar-refractivity contribution < 1.29 is 19.4 Å². The van der Waals surface area contributed by atoms with Crippen molar-refractivity contribution in [3.63, 3.8) is 0 Å². The molecule has 1 unspecified atom stereocenters. The summed E-state index contributed by atoms with van der Waals surface area (Å²) < 4.78 is 5.58. The number of carboxylic acids is 1. The summed E-state index contributed by atoms with van der Waals surface area (Å²) in [6.45, 7) is 2.58. The van der Waals surface area contributed by atoms with Gasteiger partial charge in [-0.15, -0.1) is 0 Å². The Bertz CT molecular complexity index is 439. The number of hydrogen-bond donors (Lipinski definition) is 2. The monoisotopic (exact) mass is 297 g/mol. The zero-order valence-electron chi connectivity index (χ0n) is 11.4. The molecule has 0 saturated carbocycles. The van der Waals surface area contributed by atoms with E-state index in [1.54, 1.807) is 11.8 Å². The Labute approximate surface area is 122 Å². The van der Waals surface area contributed by atoms with Crippen LogP contribution in [0.1, 0.15) is 12.0 Å². The van der Waals surface area contributed by atoms with Crippen LogP contribution in [0.3, 0.4) is 0 Å². The zero-order chi connectivity index (χ0) is 14.8. The molecule has 0 saturated heterocycles. The van der Waals surface area contributed by atoms with Gasteiger partial charge in [0.05, 0.1) is 6.61 Å². The minimum Gasteiger partial charge on any atom is -0.493 e. The number of benzene rings is 1. The Morgan fingerprint density at radius 1 is 1.50 bits per heavy atom. The molecule has 0 bridgehead atoms. The first-order valence-corrected chi connectivity index (χ1v) is 7.48. The highest BCUT2D eigenvalue weighted by Gasteiger charge is 2.15. The number of carbonyl (C=O) groups excluding carboxylic acids is 1. The molecule has 110 valence electrons. The molecular formula is C14H19NO4S. The van der Waals surface area contributed by atoms with Crippen LogP contribution in [0.2, 0.25) is 0 Å². The van der Waals surface area contributed by atoms with Gasteiger partial charge < -0.3 is 15.2 Å². The van der Waals surface area contributed by atoms with E-state index in [2.05, 4.69) is 5.32 Å². The van der Waals surface area contributed by atoms with Crippen LogP contribution in [0, 0.1) is 6.92 Å². The number of carboxylic acid groups (broad SMARTS) is 1. The fourth-order valence-electron chi connectivity index (χ4n) is 1.59. The third-order valence-electron chi connectivity index (χ3n) is 2.60. The van der Waals surface area contributed by atoms with Crippen molar-refractivity contribution in [2.24, 2.45) is 0 Å². The number of thioether (sulfide) groups is 1. The van der Waals surface area contributed by atoms with E-state index < -0.39 is 12.0 Å². The van der Waals surface area contributed by atoms with Crippen molar-refractivity contribution in [3.05, 3.63) is 29.8 Å². The standard InChI is InChI=1S/C14H19NO4S/c1-11-3-2-4-12(9-11)19-6-8-20-7-5-13(14(17)18)15-10-16/h2-4,9-10,13H,5-8H2,1H3,(H,15,16)(H,17,18). The van der Waals surface area contributed by atoms with Gasteiger partial charge in [0.25, 0.3) is 0 Å². The number of aliphatic carboxylic acids is 1. The number of aryl methyl sites for hydroxylation is 1. The first-order chi connectivity index (χ1) is 9.63. The predicted molar refractivity (Wildman–Crippen MR) is 79.2 cm³/mol. The SMILES string of the molecule is Cc1cccc(OCCSCCC(NC=O)C(=O)O)c1. The largest absolute Gasteiger partial charge is 0.493 e. The fourth-order valence-corrected chi connectivity index (χ4v) is 2.39. The lowest BCUT2D eigenvalue weighted by atomic mass is 10.2. The molecule has 6 heteroatoms. The molecule has 0 aliphatic rings. The summed E-state index contributed by atoms with van der Waals surface area (Å²) in [5, 5.41) is 11.1. The van der Waals surface area contributed by atoms with Crippen molar-refractivity contribution in [2.45, 2.75) is 19.4 Å². The van der Waals surface area contributed by atoms with E-state index in [1.165, 1.54) is 0 Å². The van der Waals surface area contributed by atoms with Gasteiger partial charge in [0.15, 0.2) is 0 Å². The maximum Gasteiger partial charge on any atom is 0.326 e. The lowest BCUT2D eigenvalue weighted by Crippen LogP contribution is -2.36. The molecule has 0 heterocycles. The van der Waals surface area contributed by atoms with Crippen LogP contribution >= 0.6 is 11.8 Å². The highest BCUT2D eigenvalue weighted by molar-refractivity contribution is 7.99. The highest BCUT2D eigenvalue weighted by Crippen LogP contribution is 2.13. The average molecular weight is 297 g/mol. The summed E-state index contributed by atoms with van der Waals surface area (Å²) in [6.07, 6.45) is 0.827. The molecule has 0 aromatic heterocycles. The van der Waals surface area contributed by atoms with E-state index >= 15 is 0 Å². The van der Waals surface area contributed by atoms with Crippen LogP contribution in [0.25, 0.3) is 0 Å². The summed E-state index contributed by atoms with van der Waals surface area (Å²) >= 11 is 1.60. The first-order valence-electron chi connectivity index (χ1n) is 6.33. The van der Waals surface area contributed by atoms with Gasteiger partial charge in [-0.1, -0.05) is 12.1 Å². The van der Waals surface area contributed by atoms with Crippen LogP contribution in [0.5, 0.6) is 5.75 Å². The lowest BCUT2D eigenvalue weighted by Gasteiger charge is -2.10. The minimum absolute atomic E-state index is 0.406. The summed E-state index contributed by atoms with van der Waals surface area (Å²) in [4.78, 5) is 21.0. The Morgan fingerprint density at radius 2 is 2.30 bits per heavy atom. The molecule has 5 nitrogen and oxygen atoms in total. The molecular weight excluding hydrogens is 278 g/mol. The number of amides is 1. The quantitative estimate of drug-likeness (QED) is 0.508. The topological polar surface area (TPSA) is 75.6 Å². The molecule has 0 radical (unpaired) electrons. The second-order valence-corrected chi connectivity index (χ2v) is 5.47. The normalized spacial score (nSPS) is 11.7. The maximum atomic E-state index is 10.8. The van der Waals surface area contributed by atoms with Crippen molar-refractivity contribution in [3.8, 4) is 5.75 Å². The van der Waals surface area contributed by atoms with Crippen LogP contribution in [0.4, 0.5) is 0 Å². The third kappa shape index (κ3) is 6.47. The van der Waals surface area contributed by atoms with E-state index in [-0.39, 0.29) is 0 Å². The van der Waals surface area contributed by atoms with Gasteiger partial charge in [0, 0.05) is 5.75 Å². The van der Waals surface area contributed by atoms with Crippen LogP contribution in [-0.2, 0) is 9.59 Å². The van der Waals surface area contributed by atoms with Crippen LogP contribution < -0.4 is 10.1 Å². The summed E-state index contributed by atoms with van der Waals surface area (Å²) in [5.41, 5.74) is 1.15. The minimum atomic E-state index is -1.01. The van der Waals surface area contributed by atoms with Crippen molar-refractivity contribution in [1.82, 2.24) is 5.32 Å². The van der Waals surface area contributed by atoms with Crippen molar-refractivity contribution in [2.75, 3.05) is 18.1 Å². The highest BCUT2D eigenvalue weighted by atomic mass is 32.2. The van der Waals surface area contributed by atoms with E-state index in [0.29, 0.717) is 25.2 Å². The van der Waals surface area contributed by atoms with Gasteiger partial charge in [-0.25, -0.2) is 4.79 Å². The Balaban J connectivity index is 2.13. The molecule has 1 rings (SSSR count).